The molecule has 2 N–H and O–H groups in total. The van der Waals surface area contributed by atoms with E-state index in [4.69, 9.17) is 0 Å². The smallest absolute Gasteiger partial charge is 0.273 e. The first-order valence-corrected chi connectivity index (χ1v) is 7.55. The Kier molecular flexibility index (Phi) is 3.74. The van der Waals surface area contributed by atoms with Crippen molar-refractivity contribution in [1.29, 1.82) is 0 Å². The topological polar surface area (TPSA) is 71.8 Å². The molecule has 6 nitrogen and oxygen atoms in total. The maximum Gasteiger partial charge on any atom is 0.273 e. The first kappa shape index (κ1) is 13.5. The van der Waals surface area contributed by atoms with E-state index in [0.29, 0.717) is 23.6 Å². The Bertz CT molecular complexity index is 472. The van der Waals surface area contributed by atoms with Crippen LogP contribution in [0.15, 0.2) is 6.20 Å². The van der Waals surface area contributed by atoms with E-state index in [1.807, 2.05) is 0 Å². The third-order valence-electron chi connectivity index (χ3n) is 4.39. The van der Waals surface area contributed by atoms with Crippen LogP contribution in [0.2, 0.25) is 0 Å². The van der Waals surface area contributed by atoms with Crippen molar-refractivity contribution in [2.24, 2.45) is 11.8 Å². The third kappa shape index (κ3) is 2.85. The molecule has 2 unspecified atom stereocenters. The Morgan fingerprint density at radius 1 is 1.30 bits per heavy atom. The molecule has 2 aliphatic rings. The molecule has 2 heterocycles. The van der Waals surface area contributed by atoms with Crippen molar-refractivity contribution < 1.29 is 4.79 Å². The van der Waals surface area contributed by atoms with Crippen molar-refractivity contribution in [1.82, 2.24) is 25.6 Å². The minimum Gasteiger partial charge on any atom is -0.348 e. The van der Waals surface area contributed by atoms with Gasteiger partial charge in [0.1, 0.15) is 0 Å². The largest absolute Gasteiger partial charge is 0.348 e. The van der Waals surface area contributed by atoms with Crippen molar-refractivity contribution in [3.8, 4) is 0 Å². The number of rotatable bonds is 3. The summed E-state index contributed by atoms with van der Waals surface area (Å²) >= 11 is 0. The van der Waals surface area contributed by atoms with Gasteiger partial charge in [0, 0.05) is 19.1 Å². The lowest BCUT2D eigenvalue weighted by molar-refractivity contribution is 0.0906. The van der Waals surface area contributed by atoms with E-state index in [-0.39, 0.29) is 11.9 Å². The monoisotopic (exact) mass is 277 g/mol. The van der Waals surface area contributed by atoms with Gasteiger partial charge in [0.05, 0.1) is 12.2 Å². The minimum absolute atomic E-state index is 0.0881. The number of carbonyl (C=O) groups excluding carboxylic acids is 1. The first-order valence-electron chi connectivity index (χ1n) is 7.55. The molecular formula is C14H23N5O. The van der Waals surface area contributed by atoms with Gasteiger partial charge in [-0.1, -0.05) is 19.1 Å². The molecule has 1 saturated heterocycles. The zero-order chi connectivity index (χ0) is 14.1. The van der Waals surface area contributed by atoms with Gasteiger partial charge >= 0.3 is 0 Å². The Balaban J connectivity index is 1.59. The molecule has 6 heteroatoms. The van der Waals surface area contributed by atoms with Crippen LogP contribution >= 0.6 is 0 Å². The Morgan fingerprint density at radius 3 is 2.60 bits per heavy atom. The second-order valence-electron chi connectivity index (χ2n) is 6.48. The second-order valence-corrected chi connectivity index (χ2v) is 6.48. The van der Waals surface area contributed by atoms with E-state index < -0.39 is 0 Å². The number of nitrogens with one attached hydrogen (secondary N) is 2. The van der Waals surface area contributed by atoms with Crippen molar-refractivity contribution in [3.05, 3.63) is 11.9 Å². The summed E-state index contributed by atoms with van der Waals surface area (Å²) in [7, 11) is 0. The van der Waals surface area contributed by atoms with Gasteiger partial charge in [0.2, 0.25) is 0 Å². The summed E-state index contributed by atoms with van der Waals surface area (Å²) in [4.78, 5) is 12.2. The van der Waals surface area contributed by atoms with Gasteiger partial charge < -0.3 is 10.6 Å². The van der Waals surface area contributed by atoms with Crippen LogP contribution in [0.4, 0.5) is 0 Å². The number of amides is 1. The zero-order valence-electron chi connectivity index (χ0n) is 12.2. The highest BCUT2D eigenvalue weighted by molar-refractivity contribution is 5.92. The summed E-state index contributed by atoms with van der Waals surface area (Å²) in [5.74, 6) is 1.27. The predicted molar refractivity (Wildman–Crippen MR) is 75.4 cm³/mol. The average molecular weight is 277 g/mol. The van der Waals surface area contributed by atoms with Crippen molar-refractivity contribution in [3.63, 3.8) is 0 Å². The van der Waals surface area contributed by atoms with Crippen molar-refractivity contribution in [2.45, 2.75) is 45.2 Å². The maximum absolute atomic E-state index is 12.2. The summed E-state index contributed by atoms with van der Waals surface area (Å²) in [6, 6.07) is 0.621. The Hall–Kier alpha value is -1.43. The molecule has 1 aromatic heterocycles. The number of nitrogens with zero attached hydrogens (tertiary/aromatic N) is 3. The molecule has 0 bridgehead atoms. The molecule has 2 fully saturated rings. The van der Waals surface area contributed by atoms with Crippen LogP contribution in [0, 0.1) is 11.8 Å². The molecule has 1 amide bonds. The zero-order valence-corrected chi connectivity index (χ0v) is 12.2. The highest BCUT2D eigenvalue weighted by Crippen LogP contribution is 2.28. The highest BCUT2D eigenvalue weighted by atomic mass is 16.2. The molecule has 1 aliphatic heterocycles. The van der Waals surface area contributed by atoms with E-state index in [9.17, 15) is 4.79 Å². The second kappa shape index (κ2) is 5.52. The number of hydrogen-bond donors (Lipinski definition) is 2. The number of carbonyl (C=O) groups is 1. The van der Waals surface area contributed by atoms with Gasteiger partial charge in [0.25, 0.3) is 5.91 Å². The van der Waals surface area contributed by atoms with Crippen LogP contribution < -0.4 is 10.6 Å². The van der Waals surface area contributed by atoms with E-state index >= 15 is 0 Å². The molecular weight excluding hydrogens is 254 g/mol. The fraction of sp³-hybridized carbons (Fsp3) is 0.786. The van der Waals surface area contributed by atoms with Crippen LogP contribution in [0.5, 0.6) is 0 Å². The fourth-order valence-electron chi connectivity index (χ4n) is 3.34. The van der Waals surface area contributed by atoms with E-state index in [1.165, 1.54) is 6.42 Å². The fourth-order valence-corrected chi connectivity index (χ4v) is 3.34. The highest BCUT2D eigenvalue weighted by Gasteiger charge is 2.27. The molecule has 0 spiro atoms. The van der Waals surface area contributed by atoms with E-state index in [0.717, 1.165) is 25.9 Å². The Labute approximate surface area is 119 Å². The molecule has 110 valence electrons. The summed E-state index contributed by atoms with van der Waals surface area (Å²) in [5.41, 5.74) is 0.433. The lowest BCUT2D eigenvalue weighted by Gasteiger charge is -2.31. The van der Waals surface area contributed by atoms with Crippen molar-refractivity contribution in [2.75, 3.05) is 13.1 Å². The summed E-state index contributed by atoms with van der Waals surface area (Å²) in [6.07, 6.45) is 5.15. The molecule has 3 rings (SSSR count). The van der Waals surface area contributed by atoms with Gasteiger partial charge in [-0.25, -0.2) is 4.68 Å². The summed E-state index contributed by atoms with van der Waals surface area (Å²) < 4.78 is 1.79. The minimum atomic E-state index is -0.0881. The average Bonchev–Trinajstić information content (AvgIpc) is 2.74. The predicted octanol–water partition coefficient (Wildman–Crippen LogP) is 0.977. The first-order chi connectivity index (χ1) is 9.61. The van der Waals surface area contributed by atoms with Gasteiger partial charge in [-0.15, -0.1) is 5.10 Å². The van der Waals surface area contributed by atoms with Gasteiger partial charge in [0.15, 0.2) is 5.69 Å². The van der Waals surface area contributed by atoms with Gasteiger partial charge in [-0.2, -0.15) is 0 Å². The van der Waals surface area contributed by atoms with Gasteiger partial charge in [-0.3, -0.25) is 4.79 Å². The lowest BCUT2D eigenvalue weighted by atomic mass is 9.80. The van der Waals surface area contributed by atoms with Crippen LogP contribution in [0.25, 0.3) is 0 Å². The molecule has 1 aromatic rings. The molecule has 1 aliphatic carbocycles. The quantitative estimate of drug-likeness (QED) is 0.864. The van der Waals surface area contributed by atoms with Crippen molar-refractivity contribution >= 4 is 5.91 Å². The van der Waals surface area contributed by atoms with Crippen LogP contribution in [0.1, 0.15) is 49.6 Å². The lowest BCUT2D eigenvalue weighted by Crippen LogP contribution is -2.43. The normalized spacial score (nSPS) is 30.8. The summed E-state index contributed by atoms with van der Waals surface area (Å²) in [5, 5.41) is 14.3. The molecule has 1 saturated carbocycles. The van der Waals surface area contributed by atoms with Gasteiger partial charge in [-0.05, 0) is 31.1 Å². The number of aromatic nitrogens is 3. The summed E-state index contributed by atoms with van der Waals surface area (Å²) in [6.45, 7) is 6.33. The number of hydrogen-bond acceptors (Lipinski definition) is 4. The molecule has 20 heavy (non-hydrogen) atoms. The molecule has 2 atom stereocenters. The van der Waals surface area contributed by atoms with E-state index in [1.54, 1.807) is 10.9 Å². The van der Waals surface area contributed by atoms with Crippen LogP contribution in [-0.4, -0.2) is 40.0 Å². The Morgan fingerprint density at radius 2 is 2.00 bits per heavy atom. The standard InChI is InChI=1S/C14H23N5O/c1-9-3-10(2)5-11(4-9)16-14(20)13-8-19(18-17-13)12-6-15-7-12/h8-12,15H,3-7H2,1-2H3,(H,16,20). The van der Waals surface area contributed by atoms with Crippen LogP contribution in [-0.2, 0) is 0 Å². The molecule has 0 radical (unpaired) electrons. The van der Waals surface area contributed by atoms with E-state index in [2.05, 4.69) is 34.8 Å². The van der Waals surface area contributed by atoms with Crippen LogP contribution in [0.3, 0.4) is 0 Å². The third-order valence-corrected chi connectivity index (χ3v) is 4.39. The SMILES string of the molecule is CC1CC(C)CC(NC(=O)c2cn(C3CNC3)nn2)C1. The molecule has 0 aromatic carbocycles. The maximum atomic E-state index is 12.2.